The Balaban J connectivity index is 0.00000261. The zero-order valence-electron chi connectivity index (χ0n) is 16.7. The van der Waals surface area contributed by atoms with Crippen molar-refractivity contribution in [3.05, 3.63) is 29.3 Å². The number of morpholine rings is 1. The van der Waals surface area contributed by atoms with Gasteiger partial charge < -0.3 is 20.1 Å². The Morgan fingerprint density at radius 2 is 2.22 bits per heavy atom. The smallest absolute Gasteiger partial charge is 0.191 e. The molecule has 0 saturated carbocycles. The summed E-state index contributed by atoms with van der Waals surface area (Å²) in [6.07, 6.45) is 2.80. The highest BCUT2D eigenvalue weighted by molar-refractivity contribution is 14.0. The molecule has 3 rings (SSSR count). The van der Waals surface area contributed by atoms with Gasteiger partial charge in [0.2, 0.25) is 0 Å². The van der Waals surface area contributed by atoms with E-state index in [1.54, 1.807) is 7.05 Å². The maximum atomic E-state index is 6.01. The van der Waals surface area contributed by atoms with Gasteiger partial charge in [0, 0.05) is 38.3 Å². The van der Waals surface area contributed by atoms with Crippen LogP contribution in [0.15, 0.2) is 23.2 Å². The highest BCUT2D eigenvalue weighted by atomic mass is 127. The fraction of sp³-hybridized carbons (Fsp3) is 0.650. The molecular weight excluding hydrogens is 455 g/mol. The zero-order valence-corrected chi connectivity index (χ0v) is 19.0. The van der Waals surface area contributed by atoms with Crippen LogP contribution in [0.2, 0.25) is 0 Å². The average Bonchev–Trinajstić information content (AvgIpc) is 3.11. The number of hydrogen-bond acceptors (Lipinski definition) is 4. The predicted octanol–water partition coefficient (Wildman–Crippen LogP) is 2.54. The molecule has 0 radical (unpaired) electrons. The first-order valence-electron chi connectivity index (χ1n) is 9.72. The summed E-state index contributed by atoms with van der Waals surface area (Å²) in [6, 6.07) is 6.94. The van der Waals surface area contributed by atoms with Gasteiger partial charge in [0.05, 0.1) is 19.3 Å². The second-order valence-corrected chi connectivity index (χ2v) is 7.10. The molecule has 152 valence electrons. The van der Waals surface area contributed by atoms with Gasteiger partial charge in [0.25, 0.3) is 0 Å². The van der Waals surface area contributed by atoms with Crippen molar-refractivity contribution in [2.75, 3.05) is 39.9 Å². The Bertz CT molecular complexity index is 626. The number of ether oxygens (including phenoxy) is 2. The van der Waals surface area contributed by atoms with Gasteiger partial charge in [-0.05, 0) is 44.9 Å². The van der Waals surface area contributed by atoms with Gasteiger partial charge >= 0.3 is 0 Å². The number of rotatable bonds is 6. The summed E-state index contributed by atoms with van der Waals surface area (Å²) in [5.41, 5.74) is 2.34. The second kappa shape index (κ2) is 11.1. The number of fused-ring (bicyclic) bond motifs is 1. The van der Waals surface area contributed by atoms with Crippen LogP contribution in [0.1, 0.15) is 30.9 Å². The summed E-state index contributed by atoms with van der Waals surface area (Å²) in [6.45, 7) is 9.29. The molecular formula is C20H33IN4O2. The molecule has 2 aliphatic rings. The molecule has 2 fully saturated rings. The van der Waals surface area contributed by atoms with E-state index in [0.29, 0.717) is 19.2 Å². The lowest BCUT2D eigenvalue weighted by Crippen LogP contribution is -2.51. The Morgan fingerprint density at radius 1 is 1.37 bits per heavy atom. The highest BCUT2D eigenvalue weighted by Gasteiger charge is 2.32. The summed E-state index contributed by atoms with van der Waals surface area (Å²) in [4.78, 5) is 6.89. The molecule has 0 bridgehead atoms. The molecule has 0 spiro atoms. The molecule has 2 aliphatic heterocycles. The van der Waals surface area contributed by atoms with Crippen LogP contribution < -0.4 is 15.4 Å². The number of nitrogens with one attached hydrogen (secondary N) is 2. The minimum Gasteiger partial charge on any atom is -0.494 e. The van der Waals surface area contributed by atoms with Crippen molar-refractivity contribution in [2.24, 2.45) is 4.99 Å². The normalized spacial score (nSPS) is 22.7. The Hall–Kier alpha value is -1.06. The molecule has 2 N–H and O–H groups in total. The quantitative estimate of drug-likeness (QED) is 0.366. The monoisotopic (exact) mass is 488 g/mol. The van der Waals surface area contributed by atoms with Crippen LogP contribution in [0.4, 0.5) is 0 Å². The van der Waals surface area contributed by atoms with Crippen LogP contribution in [0.3, 0.4) is 0 Å². The third-order valence-corrected chi connectivity index (χ3v) is 5.15. The van der Waals surface area contributed by atoms with Crippen molar-refractivity contribution in [3.63, 3.8) is 0 Å². The molecule has 7 heteroatoms. The Labute approximate surface area is 180 Å². The fourth-order valence-corrected chi connectivity index (χ4v) is 3.72. The van der Waals surface area contributed by atoms with Crippen molar-refractivity contribution in [1.29, 1.82) is 0 Å². The van der Waals surface area contributed by atoms with Crippen molar-refractivity contribution in [3.8, 4) is 5.75 Å². The number of benzene rings is 1. The maximum absolute atomic E-state index is 6.01. The van der Waals surface area contributed by atoms with Crippen molar-refractivity contribution in [1.82, 2.24) is 15.5 Å². The molecule has 0 aromatic heterocycles. The standard InChI is InChI=1S/C20H32N4O2.HI/c1-4-25-19-10-15(2)7-8-16(19)11-22-20(21-3)23-12-18-13-24-9-5-6-17(24)14-26-18;/h7-8,10,17-18H,4-6,9,11-14H2,1-3H3,(H2,21,22,23);1H. The summed E-state index contributed by atoms with van der Waals surface area (Å²) >= 11 is 0. The third-order valence-electron chi connectivity index (χ3n) is 5.15. The Morgan fingerprint density at radius 3 is 3.00 bits per heavy atom. The van der Waals surface area contributed by atoms with Crippen molar-refractivity contribution < 1.29 is 9.47 Å². The number of nitrogens with zero attached hydrogens (tertiary/aromatic N) is 2. The van der Waals surface area contributed by atoms with Gasteiger partial charge in [0.1, 0.15) is 5.75 Å². The fourth-order valence-electron chi connectivity index (χ4n) is 3.72. The first-order valence-corrected chi connectivity index (χ1v) is 9.72. The molecule has 2 heterocycles. The van der Waals surface area contributed by atoms with E-state index in [1.807, 2.05) is 6.92 Å². The SMILES string of the molecule is CCOc1cc(C)ccc1CNC(=NC)NCC1CN2CCCC2CO1.I. The van der Waals surface area contributed by atoms with E-state index >= 15 is 0 Å². The zero-order chi connectivity index (χ0) is 18.4. The number of hydrogen-bond donors (Lipinski definition) is 2. The van der Waals surface area contributed by atoms with E-state index in [2.05, 4.69) is 45.6 Å². The van der Waals surface area contributed by atoms with Crippen LogP contribution >= 0.6 is 24.0 Å². The molecule has 2 unspecified atom stereocenters. The molecule has 2 saturated heterocycles. The maximum Gasteiger partial charge on any atom is 0.191 e. The average molecular weight is 488 g/mol. The second-order valence-electron chi connectivity index (χ2n) is 7.10. The summed E-state index contributed by atoms with van der Waals surface area (Å²) in [5.74, 6) is 1.73. The molecule has 0 amide bonds. The van der Waals surface area contributed by atoms with Gasteiger partial charge in [-0.15, -0.1) is 24.0 Å². The minimum absolute atomic E-state index is 0. The van der Waals surface area contributed by atoms with Crippen LogP contribution in [-0.2, 0) is 11.3 Å². The number of aryl methyl sites for hydroxylation is 1. The lowest BCUT2D eigenvalue weighted by atomic mass is 10.1. The molecule has 27 heavy (non-hydrogen) atoms. The molecule has 1 aromatic rings. The van der Waals surface area contributed by atoms with Crippen molar-refractivity contribution >= 4 is 29.9 Å². The van der Waals surface area contributed by atoms with Gasteiger partial charge in [-0.3, -0.25) is 9.89 Å². The van der Waals surface area contributed by atoms with Crippen LogP contribution in [0.5, 0.6) is 5.75 Å². The minimum atomic E-state index is 0. The largest absolute Gasteiger partial charge is 0.494 e. The van der Waals surface area contributed by atoms with E-state index in [-0.39, 0.29) is 30.1 Å². The third kappa shape index (κ3) is 6.22. The molecule has 0 aliphatic carbocycles. The van der Waals surface area contributed by atoms with Crippen LogP contribution in [0, 0.1) is 6.92 Å². The number of guanidine groups is 1. The highest BCUT2D eigenvalue weighted by Crippen LogP contribution is 2.22. The van der Waals surface area contributed by atoms with E-state index in [0.717, 1.165) is 37.0 Å². The van der Waals surface area contributed by atoms with E-state index in [4.69, 9.17) is 9.47 Å². The van der Waals surface area contributed by atoms with Gasteiger partial charge in [-0.1, -0.05) is 12.1 Å². The van der Waals surface area contributed by atoms with Gasteiger partial charge in [-0.25, -0.2) is 0 Å². The molecule has 1 aromatic carbocycles. The lowest BCUT2D eigenvalue weighted by Gasteiger charge is -2.35. The molecule has 2 atom stereocenters. The predicted molar refractivity (Wildman–Crippen MR) is 120 cm³/mol. The first kappa shape index (κ1) is 22.2. The van der Waals surface area contributed by atoms with E-state index in [9.17, 15) is 0 Å². The van der Waals surface area contributed by atoms with Gasteiger partial charge in [-0.2, -0.15) is 0 Å². The Kier molecular flexibility index (Phi) is 9.11. The van der Waals surface area contributed by atoms with Crippen molar-refractivity contribution in [2.45, 2.75) is 45.4 Å². The van der Waals surface area contributed by atoms with Crippen LogP contribution in [-0.4, -0.2) is 62.9 Å². The van der Waals surface area contributed by atoms with E-state index < -0.39 is 0 Å². The first-order chi connectivity index (χ1) is 12.7. The summed E-state index contributed by atoms with van der Waals surface area (Å²) in [7, 11) is 1.80. The van der Waals surface area contributed by atoms with E-state index in [1.165, 1.54) is 24.9 Å². The molecule has 6 nitrogen and oxygen atoms in total. The summed E-state index contributed by atoms with van der Waals surface area (Å²) in [5, 5.41) is 6.78. The van der Waals surface area contributed by atoms with Gasteiger partial charge in [0.15, 0.2) is 5.96 Å². The lowest BCUT2D eigenvalue weighted by molar-refractivity contribution is -0.0453. The van der Waals surface area contributed by atoms with Crippen LogP contribution in [0.25, 0.3) is 0 Å². The number of halogens is 1. The topological polar surface area (TPSA) is 58.1 Å². The number of aliphatic imine (C=N–C) groups is 1. The summed E-state index contributed by atoms with van der Waals surface area (Å²) < 4.78 is 11.8.